The maximum atomic E-state index is 14.1. The van der Waals surface area contributed by atoms with Crippen LogP contribution in [0, 0.1) is 0 Å². The molecular weight excluding hydrogens is 890 g/mol. The Hall–Kier alpha value is -5.25. The molecule has 1 aliphatic rings. The van der Waals surface area contributed by atoms with Crippen molar-refractivity contribution in [3.63, 3.8) is 0 Å². The molecule has 1 fully saturated rings. The lowest BCUT2D eigenvalue weighted by Crippen LogP contribution is -2.63. The predicted octanol–water partition coefficient (Wildman–Crippen LogP) is 9.49. The lowest BCUT2D eigenvalue weighted by molar-refractivity contribution is -0.295. The van der Waals surface area contributed by atoms with E-state index in [2.05, 4.69) is 0 Å². The number of ether oxygens (including phenoxy) is 10. The van der Waals surface area contributed by atoms with Gasteiger partial charge in [-0.3, -0.25) is 0 Å². The van der Waals surface area contributed by atoms with Crippen molar-refractivity contribution in [2.24, 2.45) is 0 Å². The predicted molar refractivity (Wildman–Crippen MR) is 230 cm³/mol. The van der Waals surface area contributed by atoms with Crippen molar-refractivity contribution < 1.29 is 61.8 Å². The fraction of sp³-hybridized carbons (Fsp3) is 0.267. The van der Waals surface area contributed by atoms with Crippen LogP contribution in [0.15, 0.2) is 103 Å². The highest BCUT2D eigenvalue weighted by Crippen LogP contribution is 2.43. The van der Waals surface area contributed by atoms with Gasteiger partial charge in [-0.15, -0.1) is 0 Å². The molecule has 5 aromatic carbocycles. The van der Waals surface area contributed by atoms with Gasteiger partial charge in [-0.05, 0) is 97.1 Å². The van der Waals surface area contributed by atoms with E-state index in [1.165, 1.54) is 78.0 Å². The number of halogens is 4. The molecule has 1 unspecified atom stereocenters. The fourth-order valence-electron chi connectivity index (χ4n) is 6.52. The quantitative estimate of drug-likeness (QED) is 0.0685. The van der Waals surface area contributed by atoms with Gasteiger partial charge in [-0.2, -0.15) is 0 Å². The van der Waals surface area contributed by atoms with Gasteiger partial charge >= 0.3 is 17.9 Å². The van der Waals surface area contributed by atoms with Gasteiger partial charge in [0.05, 0.1) is 61.8 Å². The number of rotatable bonds is 16. The van der Waals surface area contributed by atoms with Crippen LogP contribution in [0.5, 0.6) is 23.0 Å². The first-order valence-electron chi connectivity index (χ1n) is 18.7. The fourth-order valence-corrected chi connectivity index (χ4v) is 7.70. The maximum Gasteiger partial charge on any atom is 0.338 e. The molecule has 0 spiro atoms. The zero-order valence-electron chi connectivity index (χ0n) is 33.8. The monoisotopic (exact) mass is 928 g/mol. The van der Waals surface area contributed by atoms with Crippen molar-refractivity contribution in [2.45, 2.75) is 36.8 Å². The molecule has 17 heteroatoms. The Labute approximate surface area is 377 Å². The van der Waals surface area contributed by atoms with E-state index in [1.54, 1.807) is 60.7 Å². The van der Waals surface area contributed by atoms with E-state index in [4.69, 9.17) is 93.8 Å². The molecule has 0 saturated carbocycles. The van der Waals surface area contributed by atoms with Gasteiger partial charge in [0, 0.05) is 28.3 Å². The molecule has 0 N–H and O–H groups in total. The second-order valence-electron chi connectivity index (χ2n) is 13.5. The molecule has 1 aliphatic heterocycles. The lowest BCUT2D eigenvalue weighted by Gasteiger charge is -2.44. The molecule has 0 amide bonds. The second kappa shape index (κ2) is 21.2. The first-order chi connectivity index (χ1) is 29.9. The largest absolute Gasteiger partial charge is 0.497 e. The van der Waals surface area contributed by atoms with E-state index in [1.807, 2.05) is 0 Å². The van der Waals surface area contributed by atoms with E-state index in [0.29, 0.717) is 39.1 Å². The average molecular weight is 931 g/mol. The zero-order valence-corrected chi connectivity index (χ0v) is 36.8. The third-order valence-electron chi connectivity index (χ3n) is 9.75. The molecule has 6 atom stereocenters. The van der Waals surface area contributed by atoms with Gasteiger partial charge in [-0.25, -0.2) is 14.4 Å². The van der Waals surface area contributed by atoms with Crippen LogP contribution in [0.1, 0.15) is 48.3 Å². The van der Waals surface area contributed by atoms with Crippen LogP contribution >= 0.6 is 46.4 Å². The summed E-state index contributed by atoms with van der Waals surface area (Å²) in [6.07, 6.45) is -8.51. The summed E-state index contributed by atoms with van der Waals surface area (Å²) in [4.78, 5) is 41.9. The molecule has 62 heavy (non-hydrogen) atoms. The van der Waals surface area contributed by atoms with Crippen molar-refractivity contribution in [3.05, 3.63) is 151 Å². The minimum atomic E-state index is -1.59. The highest BCUT2D eigenvalue weighted by molar-refractivity contribution is 6.37. The molecule has 0 aliphatic carbocycles. The van der Waals surface area contributed by atoms with Crippen LogP contribution in [0.3, 0.4) is 0 Å². The smallest absolute Gasteiger partial charge is 0.338 e. The summed E-state index contributed by atoms with van der Waals surface area (Å²) >= 11 is 26.7. The van der Waals surface area contributed by atoms with Gasteiger partial charge in [0.1, 0.15) is 35.2 Å². The molecular formula is C45H40Cl4O13. The van der Waals surface area contributed by atoms with E-state index >= 15 is 0 Å². The van der Waals surface area contributed by atoms with E-state index in [9.17, 15) is 14.4 Å². The Morgan fingerprint density at radius 2 is 0.968 bits per heavy atom. The number of benzene rings is 5. The molecule has 0 bridgehead atoms. The third kappa shape index (κ3) is 10.8. The Morgan fingerprint density at radius 1 is 0.532 bits per heavy atom. The van der Waals surface area contributed by atoms with Gasteiger partial charge in [0.15, 0.2) is 24.6 Å². The molecule has 1 saturated heterocycles. The second-order valence-corrected chi connectivity index (χ2v) is 15.1. The van der Waals surface area contributed by atoms with Crippen molar-refractivity contribution in [3.8, 4) is 23.0 Å². The number of carbonyl (C=O) groups excluding carboxylic acids is 3. The summed E-state index contributed by atoms with van der Waals surface area (Å²) in [6, 6.07) is 26.2. The number of methoxy groups -OCH3 is 5. The van der Waals surface area contributed by atoms with E-state index in [-0.39, 0.29) is 31.8 Å². The molecule has 5 aromatic rings. The first kappa shape index (κ1) is 46.3. The minimum Gasteiger partial charge on any atom is -0.497 e. The summed E-state index contributed by atoms with van der Waals surface area (Å²) in [6.45, 7) is -0.418. The van der Waals surface area contributed by atoms with Gasteiger partial charge < -0.3 is 47.4 Å². The number of hydrogen-bond donors (Lipinski definition) is 0. The van der Waals surface area contributed by atoms with Gasteiger partial charge in [0.2, 0.25) is 0 Å². The highest BCUT2D eigenvalue weighted by atomic mass is 35.5. The Balaban J connectivity index is 1.44. The number of carbonyl (C=O) groups is 3. The van der Waals surface area contributed by atoms with E-state index < -0.39 is 61.3 Å². The molecule has 0 radical (unpaired) electrons. The average Bonchev–Trinajstić information content (AvgIpc) is 3.28. The molecule has 13 nitrogen and oxygen atoms in total. The molecule has 0 aromatic heterocycles. The Morgan fingerprint density at radius 3 is 1.39 bits per heavy atom. The number of hydrogen-bond acceptors (Lipinski definition) is 13. The summed E-state index contributed by atoms with van der Waals surface area (Å²) in [5, 5.41) is 0.905. The van der Waals surface area contributed by atoms with Crippen LogP contribution in [0.25, 0.3) is 0 Å². The summed E-state index contributed by atoms with van der Waals surface area (Å²) in [7, 11) is 7.21. The van der Waals surface area contributed by atoms with Crippen LogP contribution in [0.2, 0.25) is 20.1 Å². The molecule has 1 heterocycles. The third-order valence-corrected chi connectivity index (χ3v) is 10.9. The molecule has 6 rings (SSSR count). The van der Waals surface area contributed by atoms with E-state index in [0.717, 1.165) is 0 Å². The first-order valence-corrected chi connectivity index (χ1v) is 20.2. The standard InChI is InChI=1S/C45H40Cl4O13/c1-53-28-13-6-24(7-14-28)42(50)60-39-36(23-58-38(32-19-12-27(46)20-33(32)47)37-34(48)21-31(56-4)22-35(37)49)59-45(57-5)41(62-44(52)26-10-17-30(55-3)18-11-26)40(39)61-43(51)25-8-15-29(54-2)16-9-25/h6-22,36,38-41,45H,23H2,1-5H3/t36-,38?,39-,40+,41-,45+/m1/s1. The van der Waals surface area contributed by atoms with Gasteiger partial charge in [-0.1, -0.05) is 52.5 Å². The number of esters is 3. The van der Waals surface area contributed by atoms with Gasteiger partial charge in [0.25, 0.3) is 0 Å². The topological polar surface area (TPSA) is 144 Å². The molecule has 326 valence electrons. The maximum absolute atomic E-state index is 14.1. The van der Waals surface area contributed by atoms with Crippen molar-refractivity contribution in [1.29, 1.82) is 0 Å². The SMILES string of the molecule is COc1ccc(C(=O)O[C@@H]2[C@@H](OC(=O)c3ccc(OC)cc3)[C@@H](OC)O[C@H](COC(c3ccc(Cl)cc3Cl)c3c(Cl)cc(OC)cc3Cl)[C@H]2OC(=O)c2ccc(OC)cc2)cc1. The summed E-state index contributed by atoms with van der Waals surface area (Å²) < 4.78 is 58.3. The lowest BCUT2D eigenvalue weighted by atomic mass is 9.97. The van der Waals surface area contributed by atoms with Crippen LogP contribution in [-0.4, -0.2) is 90.8 Å². The highest BCUT2D eigenvalue weighted by Gasteiger charge is 2.53. The summed E-state index contributed by atoms with van der Waals surface area (Å²) in [5.74, 6) is -0.729. The zero-order chi connectivity index (χ0) is 44.5. The van der Waals surface area contributed by atoms with Crippen molar-refractivity contribution in [1.82, 2.24) is 0 Å². The van der Waals surface area contributed by atoms with Crippen LogP contribution < -0.4 is 18.9 Å². The van der Waals surface area contributed by atoms with Crippen molar-refractivity contribution >= 4 is 64.3 Å². The van der Waals surface area contributed by atoms with Crippen molar-refractivity contribution in [2.75, 3.05) is 42.2 Å². The minimum absolute atomic E-state index is 0.0979. The van der Waals surface area contributed by atoms with Crippen LogP contribution in [0.4, 0.5) is 0 Å². The summed E-state index contributed by atoms with van der Waals surface area (Å²) in [5.41, 5.74) is 1.03. The Bertz CT molecular complexity index is 2320. The van der Waals surface area contributed by atoms with Crippen LogP contribution in [-0.2, 0) is 28.4 Å². The Kier molecular flexibility index (Phi) is 15.8. The normalized spacial score (nSPS) is 18.8.